The predicted molar refractivity (Wildman–Crippen MR) is 68.6 cm³/mol. The molecule has 1 aromatic rings. The molecule has 3 nitrogen and oxygen atoms in total. The van der Waals surface area contributed by atoms with Gasteiger partial charge in [-0.1, -0.05) is 34.8 Å². The van der Waals surface area contributed by atoms with Crippen LogP contribution < -0.4 is 10.6 Å². The summed E-state index contributed by atoms with van der Waals surface area (Å²) in [5, 5.41) is 6.50. The summed E-state index contributed by atoms with van der Waals surface area (Å²) in [5.74, 6) is -0.214. The highest BCUT2D eigenvalue weighted by Gasteiger charge is 2.14. The van der Waals surface area contributed by atoms with Crippen molar-refractivity contribution in [2.24, 2.45) is 0 Å². The zero-order valence-electron chi connectivity index (χ0n) is 8.77. The van der Waals surface area contributed by atoms with E-state index >= 15 is 0 Å². The minimum absolute atomic E-state index is 0.214. The lowest BCUT2D eigenvalue weighted by Crippen LogP contribution is -2.35. The summed E-state index contributed by atoms with van der Waals surface area (Å²) in [5.41, 5.74) is 0.375. The van der Waals surface area contributed by atoms with E-state index in [1.807, 2.05) is 0 Å². The highest BCUT2D eigenvalue weighted by Crippen LogP contribution is 2.33. The zero-order chi connectivity index (χ0) is 12.3. The summed E-state index contributed by atoms with van der Waals surface area (Å²) in [4.78, 5) is 11.6. The highest BCUT2D eigenvalue weighted by atomic mass is 35.5. The minimum atomic E-state index is -0.331. The van der Waals surface area contributed by atoms with Crippen LogP contribution in [0.3, 0.4) is 0 Å². The Bertz CT molecular complexity index is 386. The van der Waals surface area contributed by atoms with Crippen LogP contribution in [-0.2, 0) is 4.79 Å². The highest BCUT2D eigenvalue weighted by molar-refractivity contribution is 6.42. The van der Waals surface area contributed by atoms with Crippen LogP contribution in [0.4, 0.5) is 5.69 Å². The normalized spacial score (nSPS) is 12.3. The first-order valence-electron chi connectivity index (χ1n) is 4.58. The van der Waals surface area contributed by atoms with Gasteiger partial charge in [0.2, 0.25) is 5.91 Å². The first kappa shape index (κ1) is 13.6. The van der Waals surface area contributed by atoms with Gasteiger partial charge in [0.1, 0.15) is 0 Å². The van der Waals surface area contributed by atoms with Gasteiger partial charge < -0.3 is 10.6 Å². The molecule has 1 amide bonds. The van der Waals surface area contributed by atoms with Crippen molar-refractivity contribution >= 4 is 46.4 Å². The molecular weight excluding hydrogens is 270 g/mol. The molecule has 1 atom stereocenters. The Hall–Kier alpha value is -0.480. The average Bonchev–Trinajstić information content (AvgIpc) is 2.21. The molecule has 1 unspecified atom stereocenters. The van der Waals surface area contributed by atoms with Gasteiger partial charge in [-0.3, -0.25) is 4.79 Å². The summed E-state index contributed by atoms with van der Waals surface area (Å²) in [6.45, 7) is 1.73. The van der Waals surface area contributed by atoms with Crippen molar-refractivity contribution in [3.63, 3.8) is 0 Å². The lowest BCUT2D eigenvalue weighted by molar-refractivity contribution is -0.117. The molecule has 0 aliphatic carbocycles. The topological polar surface area (TPSA) is 41.1 Å². The van der Waals surface area contributed by atoms with Crippen LogP contribution in [-0.4, -0.2) is 19.0 Å². The van der Waals surface area contributed by atoms with Crippen LogP contribution in [0, 0.1) is 0 Å². The molecule has 0 aliphatic rings. The number of carbonyl (C=O) groups excluding carboxylic acids is 1. The molecule has 0 fully saturated rings. The maximum atomic E-state index is 11.6. The predicted octanol–water partition coefficient (Wildman–Crippen LogP) is 3.19. The van der Waals surface area contributed by atoms with E-state index in [0.717, 1.165) is 0 Å². The van der Waals surface area contributed by atoms with Crippen LogP contribution in [0.1, 0.15) is 6.92 Å². The van der Waals surface area contributed by atoms with Crippen LogP contribution in [0.25, 0.3) is 0 Å². The third-order valence-electron chi connectivity index (χ3n) is 2.08. The third-order valence-corrected chi connectivity index (χ3v) is 2.90. The van der Waals surface area contributed by atoms with Crippen LogP contribution >= 0.6 is 34.8 Å². The van der Waals surface area contributed by atoms with Crippen molar-refractivity contribution in [1.29, 1.82) is 0 Å². The van der Waals surface area contributed by atoms with Crippen molar-refractivity contribution < 1.29 is 4.79 Å². The standard InChI is InChI=1S/C10H11Cl3N2O/c1-5(14-2)10(16)15-9-7(12)3-6(11)4-8(9)13/h3-5,14H,1-2H3,(H,15,16). The van der Waals surface area contributed by atoms with Crippen molar-refractivity contribution in [2.45, 2.75) is 13.0 Å². The maximum Gasteiger partial charge on any atom is 0.241 e. The van der Waals surface area contributed by atoms with Gasteiger partial charge in [-0.2, -0.15) is 0 Å². The van der Waals surface area contributed by atoms with E-state index in [9.17, 15) is 4.79 Å². The minimum Gasteiger partial charge on any atom is -0.322 e. The molecule has 1 aromatic carbocycles. The monoisotopic (exact) mass is 280 g/mol. The van der Waals surface area contributed by atoms with E-state index in [2.05, 4.69) is 10.6 Å². The Labute approximate surface area is 109 Å². The summed E-state index contributed by atoms with van der Waals surface area (Å²) >= 11 is 17.6. The van der Waals surface area contributed by atoms with E-state index in [4.69, 9.17) is 34.8 Å². The van der Waals surface area contributed by atoms with E-state index in [-0.39, 0.29) is 11.9 Å². The average molecular weight is 282 g/mol. The Kier molecular flexibility index (Phi) is 4.87. The molecule has 0 saturated carbocycles. The molecule has 0 bridgehead atoms. The number of carbonyl (C=O) groups is 1. The lowest BCUT2D eigenvalue weighted by atomic mass is 10.2. The number of nitrogens with one attached hydrogen (secondary N) is 2. The number of amides is 1. The van der Waals surface area contributed by atoms with Crippen molar-refractivity contribution in [2.75, 3.05) is 12.4 Å². The largest absolute Gasteiger partial charge is 0.322 e. The van der Waals surface area contributed by atoms with Gasteiger partial charge in [0.15, 0.2) is 0 Å². The number of hydrogen-bond donors (Lipinski definition) is 2. The summed E-state index contributed by atoms with van der Waals surface area (Å²) in [6, 6.07) is 2.71. The number of rotatable bonds is 3. The molecule has 0 aliphatic heterocycles. The Morgan fingerprint density at radius 1 is 1.25 bits per heavy atom. The molecular formula is C10H11Cl3N2O. The fourth-order valence-electron chi connectivity index (χ4n) is 1.02. The van der Waals surface area contributed by atoms with Gasteiger partial charge in [-0.25, -0.2) is 0 Å². The third kappa shape index (κ3) is 3.25. The van der Waals surface area contributed by atoms with Gasteiger partial charge in [0.25, 0.3) is 0 Å². The molecule has 0 heterocycles. The Morgan fingerprint density at radius 2 is 1.75 bits per heavy atom. The second kappa shape index (κ2) is 5.73. The Morgan fingerprint density at radius 3 is 2.19 bits per heavy atom. The maximum absolute atomic E-state index is 11.6. The van der Waals surface area contributed by atoms with Crippen LogP contribution in [0.5, 0.6) is 0 Å². The van der Waals surface area contributed by atoms with Crippen molar-refractivity contribution in [3.05, 3.63) is 27.2 Å². The first-order valence-corrected chi connectivity index (χ1v) is 5.71. The molecule has 2 N–H and O–H groups in total. The van der Waals surface area contributed by atoms with E-state index < -0.39 is 0 Å². The number of anilines is 1. The summed E-state index contributed by atoms with van der Waals surface area (Å²) < 4.78 is 0. The van der Waals surface area contributed by atoms with Crippen molar-refractivity contribution in [1.82, 2.24) is 5.32 Å². The molecule has 6 heteroatoms. The van der Waals surface area contributed by atoms with E-state index in [1.165, 1.54) is 12.1 Å². The van der Waals surface area contributed by atoms with Crippen LogP contribution in [0.15, 0.2) is 12.1 Å². The van der Waals surface area contributed by atoms with Crippen LogP contribution in [0.2, 0.25) is 15.1 Å². The Balaban J connectivity index is 2.93. The molecule has 0 radical (unpaired) electrons. The number of likely N-dealkylation sites (N-methyl/N-ethyl adjacent to an activating group) is 1. The van der Waals surface area contributed by atoms with E-state index in [1.54, 1.807) is 14.0 Å². The fraction of sp³-hybridized carbons (Fsp3) is 0.300. The molecule has 0 spiro atoms. The molecule has 0 saturated heterocycles. The quantitative estimate of drug-likeness (QED) is 0.893. The lowest BCUT2D eigenvalue weighted by Gasteiger charge is -2.13. The summed E-state index contributed by atoms with van der Waals surface area (Å²) in [7, 11) is 1.69. The molecule has 1 rings (SSSR count). The fourth-order valence-corrected chi connectivity index (χ4v) is 1.94. The van der Waals surface area contributed by atoms with E-state index in [0.29, 0.717) is 20.8 Å². The smallest absolute Gasteiger partial charge is 0.241 e. The van der Waals surface area contributed by atoms with Gasteiger partial charge >= 0.3 is 0 Å². The van der Waals surface area contributed by atoms with Gasteiger partial charge in [-0.05, 0) is 26.1 Å². The summed E-state index contributed by atoms with van der Waals surface area (Å²) in [6.07, 6.45) is 0. The number of benzene rings is 1. The molecule has 0 aromatic heterocycles. The number of hydrogen-bond acceptors (Lipinski definition) is 2. The van der Waals surface area contributed by atoms with Gasteiger partial charge in [0.05, 0.1) is 21.8 Å². The molecule has 88 valence electrons. The van der Waals surface area contributed by atoms with Gasteiger partial charge in [-0.15, -0.1) is 0 Å². The first-order chi connectivity index (χ1) is 7.45. The zero-order valence-corrected chi connectivity index (χ0v) is 11.0. The number of halogens is 3. The van der Waals surface area contributed by atoms with Crippen molar-refractivity contribution in [3.8, 4) is 0 Å². The van der Waals surface area contributed by atoms with Gasteiger partial charge in [0, 0.05) is 5.02 Å². The second-order valence-electron chi connectivity index (χ2n) is 3.24. The second-order valence-corrected chi connectivity index (χ2v) is 4.49. The SMILES string of the molecule is CNC(C)C(=O)Nc1c(Cl)cc(Cl)cc1Cl. The molecule has 16 heavy (non-hydrogen) atoms.